The van der Waals surface area contributed by atoms with Crippen molar-refractivity contribution in [2.75, 3.05) is 6.61 Å². The Balaban J connectivity index is 2.84. The Hall–Kier alpha value is -1.36. The van der Waals surface area contributed by atoms with Gasteiger partial charge in [0.25, 0.3) is 0 Å². The molecule has 0 saturated carbocycles. The predicted octanol–water partition coefficient (Wildman–Crippen LogP) is 2.50. The number of aromatic nitrogens is 1. The van der Waals surface area contributed by atoms with E-state index in [-0.39, 0.29) is 12.3 Å². The first-order valence-corrected chi connectivity index (χ1v) is 4.35. The average molecular weight is 217 g/mol. The molecule has 1 aromatic rings. The molecule has 0 radical (unpaired) electrons. The SMILES string of the molecule is OCCC=Cc1cccc(C(F)(F)F)n1. The molecule has 0 unspecified atom stereocenters. The van der Waals surface area contributed by atoms with Crippen LogP contribution < -0.4 is 0 Å². The van der Waals surface area contributed by atoms with Gasteiger partial charge in [0.2, 0.25) is 0 Å². The normalized spacial score (nSPS) is 12.3. The summed E-state index contributed by atoms with van der Waals surface area (Å²) in [6, 6.07) is 3.70. The van der Waals surface area contributed by atoms with Crippen LogP contribution in [0.2, 0.25) is 0 Å². The van der Waals surface area contributed by atoms with Crippen molar-refractivity contribution in [1.82, 2.24) is 4.98 Å². The van der Waals surface area contributed by atoms with Crippen molar-refractivity contribution in [2.24, 2.45) is 0 Å². The van der Waals surface area contributed by atoms with Crippen LogP contribution in [0.15, 0.2) is 24.3 Å². The lowest BCUT2D eigenvalue weighted by molar-refractivity contribution is -0.141. The fourth-order valence-corrected chi connectivity index (χ4v) is 0.981. The third-order valence-corrected chi connectivity index (χ3v) is 1.65. The molecule has 1 aromatic heterocycles. The van der Waals surface area contributed by atoms with Crippen molar-refractivity contribution in [3.63, 3.8) is 0 Å². The molecule has 0 aromatic carbocycles. The zero-order chi connectivity index (χ0) is 11.3. The Labute approximate surface area is 85.1 Å². The van der Waals surface area contributed by atoms with E-state index in [1.807, 2.05) is 0 Å². The molecular weight excluding hydrogens is 207 g/mol. The maximum atomic E-state index is 12.2. The molecular formula is C10H10F3NO. The lowest BCUT2D eigenvalue weighted by atomic mass is 10.2. The van der Waals surface area contributed by atoms with Crippen molar-refractivity contribution in [2.45, 2.75) is 12.6 Å². The third-order valence-electron chi connectivity index (χ3n) is 1.65. The van der Waals surface area contributed by atoms with Crippen LogP contribution in [0.4, 0.5) is 13.2 Å². The second kappa shape index (κ2) is 4.93. The molecule has 0 aliphatic carbocycles. The fourth-order valence-electron chi connectivity index (χ4n) is 0.981. The summed E-state index contributed by atoms with van der Waals surface area (Å²) in [5.74, 6) is 0. The summed E-state index contributed by atoms with van der Waals surface area (Å²) in [4.78, 5) is 3.42. The summed E-state index contributed by atoms with van der Waals surface area (Å²) in [6.45, 7) is -0.0323. The highest BCUT2D eigenvalue weighted by atomic mass is 19.4. The standard InChI is InChI=1S/C10H10F3NO/c11-10(12,13)9-6-3-5-8(14-9)4-1-2-7-15/h1,3-6,15H,2,7H2. The lowest BCUT2D eigenvalue weighted by Crippen LogP contribution is -2.07. The molecule has 0 atom stereocenters. The molecule has 0 aliphatic rings. The number of halogens is 3. The highest BCUT2D eigenvalue weighted by molar-refractivity contribution is 5.44. The molecule has 1 N–H and O–H groups in total. The van der Waals surface area contributed by atoms with Crippen LogP contribution in [-0.2, 0) is 6.18 Å². The maximum absolute atomic E-state index is 12.2. The molecule has 0 saturated heterocycles. The largest absolute Gasteiger partial charge is 0.433 e. The molecule has 2 nitrogen and oxygen atoms in total. The first-order valence-electron chi connectivity index (χ1n) is 4.35. The van der Waals surface area contributed by atoms with Gasteiger partial charge in [-0.2, -0.15) is 13.2 Å². The van der Waals surface area contributed by atoms with Crippen molar-refractivity contribution in [3.05, 3.63) is 35.7 Å². The monoisotopic (exact) mass is 217 g/mol. The van der Waals surface area contributed by atoms with Gasteiger partial charge >= 0.3 is 6.18 Å². The minimum atomic E-state index is -4.42. The van der Waals surface area contributed by atoms with Crippen LogP contribution >= 0.6 is 0 Å². The van der Waals surface area contributed by atoms with E-state index in [4.69, 9.17) is 5.11 Å². The lowest BCUT2D eigenvalue weighted by Gasteiger charge is -2.05. The Morgan fingerprint density at radius 1 is 1.33 bits per heavy atom. The van der Waals surface area contributed by atoms with Gasteiger partial charge in [-0.3, -0.25) is 0 Å². The van der Waals surface area contributed by atoms with Gasteiger partial charge in [-0.25, -0.2) is 4.98 Å². The molecule has 1 heterocycles. The van der Waals surface area contributed by atoms with E-state index in [2.05, 4.69) is 4.98 Å². The van der Waals surface area contributed by atoms with Crippen LogP contribution in [0.1, 0.15) is 17.8 Å². The molecule has 5 heteroatoms. The molecule has 0 bridgehead atoms. The Morgan fingerprint density at radius 2 is 2.07 bits per heavy atom. The molecule has 82 valence electrons. The minimum absolute atomic E-state index is 0.0323. The molecule has 1 rings (SSSR count). The number of alkyl halides is 3. The van der Waals surface area contributed by atoms with E-state index >= 15 is 0 Å². The molecule has 0 fully saturated rings. The van der Waals surface area contributed by atoms with E-state index in [0.29, 0.717) is 6.42 Å². The highest BCUT2D eigenvalue weighted by Crippen LogP contribution is 2.27. The summed E-state index contributed by atoms with van der Waals surface area (Å²) in [5, 5.41) is 8.48. The summed E-state index contributed by atoms with van der Waals surface area (Å²) < 4.78 is 36.7. The van der Waals surface area contributed by atoms with Crippen molar-refractivity contribution >= 4 is 6.08 Å². The number of aliphatic hydroxyl groups is 1. The van der Waals surface area contributed by atoms with Gasteiger partial charge < -0.3 is 5.11 Å². The van der Waals surface area contributed by atoms with Crippen LogP contribution in [0.3, 0.4) is 0 Å². The first-order chi connectivity index (χ1) is 7.04. The van der Waals surface area contributed by atoms with Gasteiger partial charge in [-0.05, 0) is 24.6 Å². The zero-order valence-electron chi connectivity index (χ0n) is 7.83. The highest BCUT2D eigenvalue weighted by Gasteiger charge is 2.32. The van der Waals surface area contributed by atoms with Crippen molar-refractivity contribution in [3.8, 4) is 0 Å². The van der Waals surface area contributed by atoms with Crippen molar-refractivity contribution < 1.29 is 18.3 Å². The smallest absolute Gasteiger partial charge is 0.396 e. The van der Waals surface area contributed by atoms with E-state index in [1.165, 1.54) is 18.2 Å². The third kappa shape index (κ3) is 3.71. The molecule has 0 spiro atoms. The second-order valence-electron chi connectivity index (χ2n) is 2.86. The van der Waals surface area contributed by atoms with Crippen molar-refractivity contribution in [1.29, 1.82) is 0 Å². The van der Waals surface area contributed by atoms with Gasteiger partial charge in [-0.15, -0.1) is 0 Å². The predicted molar refractivity (Wildman–Crippen MR) is 50.0 cm³/mol. The summed E-state index contributed by atoms with van der Waals surface area (Å²) in [5.41, 5.74) is -0.674. The molecule has 0 amide bonds. The number of aliphatic hydroxyl groups excluding tert-OH is 1. The number of nitrogens with zero attached hydrogens (tertiary/aromatic N) is 1. The molecule has 15 heavy (non-hydrogen) atoms. The Bertz CT molecular complexity index is 347. The van der Waals surface area contributed by atoms with Gasteiger partial charge in [0.05, 0.1) is 5.69 Å². The molecule has 0 aliphatic heterocycles. The van der Waals surface area contributed by atoms with E-state index in [0.717, 1.165) is 6.07 Å². The zero-order valence-corrected chi connectivity index (χ0v) is 7.83. The topological polar surface area (TPSA) is 33.1 Å². The fraction of sp³-hybridized carbons (Fsp3) is 0.300. The number of pyridine rings is 1. The maximum Gasteiger partial charge on any atom is 0.433 e. The van der Waals surface area contributed by atoms with Gasteiger partial charge in [-0.1, -0.05) is 12.1 Å². The van der Waals surface area contributed by atoms with Crippen LogP contribution in [0.25, 0.3) is 6.08 Å². The van der Waals surface area contributed by atoms with E-state index < -0.39 is 11.9 Å². The Kier molecular flexibility index (Phi) is 3.85. The van der Waals surface area contributed by atoms with Crippen LogP contribution in [-0.4, -0.2) is 16.7 Å². The second-order valence-corrected chi connectivity index (χ2v) is 2.86. The Morgan fingerprint density at radius 3 is 2.67 bits per heavy atom. The van der Waals surface area contributed by atoms with Crippen LogP contribution in [0, 0.1) is 0 Å². The minimum Gasteiger partial charge on any atom is -0.396 e. The van der Waals surface area contributed by atoms with E-state index in [9.17, 15) is 13.2 Å². The number of hydrogen-bond acceptors (Lipinski definition) is 2. The number of rotatable bonds is 3. The number of hydrogen-bond donors (Lipinski definition) is 1. The average Bonchev–Trinajstić information content (AvgIpc) is 2.17. The quantitative estimate of drug-likeness (QED) is 0.843. The summed E-state index contributed by atoms with van der Waals surface area (Å²) >= 11 is 0. The first kappa shape index (κ1) is 11.7. The van der Waals surface area contributed by atoms with Gasteiger partial charge in [0.1, 0.15) is 5.69 Å². The van der Waals surface area contributed by atoms with Crippen LogP contribution in [0.5, 0.6) is 0 Å². The van der Waals surface area contributed by atoms with E-state index in [1.54, 1.807) is 6.08 Å². The summed E-state index contributed by atoms with van der Waals surface area (Å²) in [7, 11) is 0. The van der Waals surface area contributed by atoms with Gasteiger partial charge in [0, 0.05) is 6.61 Å². The summed E-state index contributed by atoms with van der Waals surface area (Å²) in [6.07, 6.45) is -0.993. The van der Waals surface area contributed by atoms with Gasteiger partial charge in [0.15, 0.2) is 0 Å².